The fourth-order valence-electron chi connectivity index (χ4n) is 6.97. The smallest absolute Gasteiger partial charge is 0.302 e. The van der Waals surface area contributed by atoms with E-state index in [0.29, 0.717) is 18.5 Å². The molecule has 49 heavy (non-hydrogen) atoms. The van der Waals surface area contributed by atoms with Crippen LogP contribution in [0.25, 0.3) is 0 Å². The molecule has 0 saturated carbocycles. The first-order valence-electron chi connectivity index (χ1n) is 17.7. The molecule has 5 nitrogen and oxygen atoms in total. The Labute approximate surface area is 296 Å². The van der Waals surface area contributed by atoms with Crippen molar-refractivity contribution in [2.75, 3.05) is 28.2 Å². The minimum Gasteiger partial charge on any atom is -0.461 e. The molecule has 0 fully saturated rings. The third kappa shape index (κ3) is 9.55. The van der Waals surface area contributed by atoms with Gasteiger partial charge in [-0.2, -0.15) is 0 Å². The molecule has 0 aliphatic carbocycles. The van der Waals surface area contributed by atoms with Crippen LogP contribution in [0.3, 0.4) is 0 Å². The summed E-state index contributed by atoms with van der Waals surface area (Å²) in [5.41, 5.74) is 3.58. The van der Waals surface area contributed by atoms with Crippen LogP contribution in [-0.2, 0) is 25.2 Å². The number of esters is 1. The summed E-state index contributed by atoms with van der Waals surface area (Å²) in [6.07, 6.45) is 2.70. The van der Waals surface area contributed by atoms with Crippen molar-refractivity contribution in [3.8, 4) is 0 Å². The first-order chi connectivity index (χ1) is 23.4. The van der Waals surface area contributed by atoms with Gasteiger partial charge in [-0.05, 0) is 83.6 Å². The molecule has 0 aliphatic heterocycles. The van der Waals surface area contributed by atoms with Crippen LogP contribution in [0.15, 0.2) is 121 Å². The molecular formula is C44H58N2O3. The number of nitrogens with zero attached hydrogens (tertiary/aromatic N) is 2. The van der Waals surface area contributed by atoms with Crippen LogP contribution in [0.4, 0.5) is 0 Å². The zero-order valence-electron chi connectivity index (χ0n) is 31.2. The van der Waals surface area contributed by atoms with Crippen molar-refractivity contribution in [3.05, 3.63) is 144 Å². The SMILES string of the molecule is CCC(=O)C(CC(C)N(C)C)(c1ccccc1)c1ccccc1.CC[C@H](OC(C)=O)C(C[C@H](C)N(C)C)(c1ccccc1)c1ccccc1. The van der Waals surface area contributed by atoms with Crippen molar-refractivity contribution in [3.63, 3.8) is 0 Å². The van der Waals surface area contributed by atoms with E-state index in [4.69, 9.17) is 4.74 Å². The fraction of sp³-hybridized carbons (Fsp3) is 0.409. The number of hydrogen-bond donors (Lipinski definition) is 0. The number of carbonyl (C=O) groups excluding carboxylic acids is 2. The summed E-state index contributed by atoms with van der Waals surface area (Å²) in [6.45, 7) is 9.96. The van der Waals surface area contributed by atoms with Crippen molar-refractivity contribution in [1.29, 1.82) is 0 Å². The van der Waals surface area contributed by atoms with E-state index >= 15 is 0 Å². The monoisotopic (exact) mass is 662 g/mol. The van der Waals surface area contributed by atoms with Gasteiger partial charge >= 0.3 is 5.97 Å². The lowest BCUT2D eigenvalue weighted by Crippen LogP contribution is -2.47. The second-order valence-corrected chi connectivity index (χ2v) is 13.7. The number of carbonyl (C=O) groups is 2. The van der Waals surface area contributed by atoms with Crippen LogP contribution in [0.5, 0.6) is 0 Å². The Morgan fingerprint density at radius 1 is 0.592 bits per heavy atom. The lowest BCUT2D eigenvalue weighted by molar-refractivity contribution is -0.150. The Morgan fingerprint density at radius 3 is 1.24 bits per heavy atom. The Bertz CT molecular complexity index is 1460. The van der Waals surface area contributed by atoms with E-state index in [-0.39, 0.29) is 17.9 Å². The van der Waals surface area contributed by atoms with Crippen LogP contribution in [-0.4, -0.2) is 67.9 Å². The number of hydrogen-bond acceptors (Lipinski definition) is 5. The Kier molecular flexibility index (Phi) is 15.0. The maximum atomic E-state index is 13.2. The van der Waals surface area contributed by atoms with Gasteiger partial charge in [-0.15, -0.1) is 0 Å². The average molecular weight is 663 g/mol. The summed E-state index contributed by atoms with van der Waals surface area (Å²) in [5, 5.41) is 0. The van der Waals surface area contributed by atoms with Gasteiger partial charge in [0, 0.05) is 25.4 Å². The van der Waals surface area contributed by atoms with Crippen molar-refractivity contribution in [1.82, 2.24) is 9.80 Å². The highest BCUT2D eigenvalue weighted by atomic mass is 16.5. The first kappa shape index (κ1) is 39.4. The lowest BCUT2D eigenvalue weighted by atomic mass is 9.66. The molecule has 262 valence electrons. The van der Waals surface area contributed by atoms with Gasteiger partial charge < -0.3 is 14.5 Å². The molecule has 5 heteroatoms. The van der Waals surface area contributed by atoms with E-state index in [1.165, 1.54) is 18.1 Å². The molecule has 0 amide bonds. The third-order valence-electron chi connectivity index (χ3n) is 10.1. The molecule has 4 rings (SSSR count). The molecule has 4 aromatic carbocycles. The summed E-state index contributed by atoms with van der Waals surface area (Å²) in [6, 6.07) is 42.0. The Balaban J connectivity index is 0.000000267. The van der Waals surface area contributed by atoms with Crippen molar-refractivity contribution in [2.45, 2.75) is 89.3 Å². The largest absolute Gasteiger partial charge is 0.461 e. The van der Waals surface area contributed by atoms with Crippen LogP contribution >= 0.6 is 0 Å². The highest BCUT2D eigenvalue weighted by Gasteiger charge is 2.45. The van der Waals surface area contributed by atoms with Gasteiger partial charge in [-0.1, -0.05) is 135 Å². The highest BCUT2D eigenvalue weighted by molar-refractivity contribution is 5.93. The van der Waals surface area contributed by atoms with Gasteiger partial charge in [0.1, 0.15) is 11.9 Å². The van der Waals surface area contributed by atoms with Gasteiger partial charge in [-0.25, -0.2) is 0 Å². The molecule has 0 N–H and O–H groups in total. The second-order valence-electron chi connectivity index (χ2n) is 13.7. The van der Waals surface area contributed by atoms with Crippen molar-refractivity contribution in [2.24, 2.45) is 0 Å². The van der Waals surface area contributed by atoms with E-state index in [2.05, 4.69) is 132 Å². The predicted molar refractivity (Wildman–Crippen MR) is 204 cm³/mol. The number of rotatable bonds is 15. The van der Waals surface area contributed by atoms with Crippen LogP contribution in [0, 0.1) is 0 Å². The summed E-state index contributed by atoms with van der Waals surface area (Å²) in [7, 11) is 8.33. The standard InChI is InChI=1S/C23H31NO2.C21H27NO/c1-6-22(26-19(3)25)23(17-18(2)24(4)5,20-13-9-7-10-14-20)21-15-11-8-12-16-21;1-5-20(23)21(16-17(2)22(3)4,18-12-8-6-9-13-18)19-14-10-7-11-15-19/h7-16,18,22H,6,17H2,1-5H3;6-15,17H,5,16H2,1-4H3/t18-,22-;/m0./s1. The summed E-state index contributed by atoms with van der Waals surface area (Å²) < 4.78 is 5.90. The molecule has 0 spiro atoms. The Hall–Kier alpha value is -4.06. The van der Waals surface area contributed by atoms with E-state index in [0.717, 1.165) is 30.4 Å². The van der Waals surface area contributed by atoms with Gasteiger partial charge in [0.25, 0.3) is 0 Å². The van der Waals surface area contributed by atoms with Crippen LogP contribution in [0.1, 0.15) is 82.6 Å². The normalized spacial score (nSPS) is 13.6. The summed E-state index contributed by atoms with van der Waals surface area (Å²) in [4.78, 5) is 29.5. The average Bonchev–Trinajstić information content (AvgIpc) is 3.13. The number of Topliss-reactive ketones (excluding diaryl/α,β-unsaturated/α-hetero) is 1. The minimum atomic E-state index is -0.582. The number of benzene rings is 4. The minimum absolute atomic E-state index is 0.229. The maximum absolute atomic E-state index is 13.2. The molecule has 0 radical (unpaired) electrons. The summed E-state index contributed by atoms with van der Waals surface area (Å²) >= 11 is 0. The molecule has 0 saturated heterocycles. The molecule has 0 aliphatic rings. The lowest BCUT2D eigenvalue weighted by Gasteiger charge is -2.43. The topological polar surface area (TPSA) is 49.9 Å². The maximum Gasteiger partial charge on any atom is 0.302 e. The van der Waals surface area contributed by atoms with E-state index in [9.17, 15) is 9.59 Å². The third-order valence-corrected chi connectivity index (χ3v) is 10.1. The molecule has 4 aromatic rings. The summed E-state index contributed by atoms with van der Waals surface area (Å²) in [5.74, 6) is 0.0502. The molecule has 0 aromatic heterocycles. The second kappa shape index (κ2) is 18.6. The fourth-order valence-corrected chi connectivity index (χ4v) is 6.97. The number of ether oxygens (including phenoxy) is 1. The van der Waals surface area contributed by atoms with E-state index in [1.54, 1.807) is 0 Å². The zero-order chi connectivity index (χ0) is 36.0. The Morgan fingerprint density at radius 2 is 0.939 bits per heavy atom. The zero-order valence-corrected chi connectivity index (χ0v) is 31.2. The molecule has 0 heterocycles. The van der Waals surface area contributed by atoms with Gasteiger partial charge in [0.05, 0.1) is 10.8 Å². The van der Waals surface area contributed by atoms with Gasteiger partial charge in [0.2, 0.25) is 0 Å². The predicted octanol–water partition coefficient (Wildman–Crippen LogP) is 8.95. The number of ketones is 1. The van der Waals surface area contributed by atoms with Gasteiger partial charge in [-0.3, -0.25) is 9.59 Å². The molecule has 3 atom stereocenters. The van der Waals surface area contributed by atoms with Crippen molar-refractivity contribution < 1.29 is 14.3 Å². The van der Waals surface area contributed by atoms with Gasteiger partial charge in [0.15, 0.2) is 0 Å². The molecule has 1 unspecified atom stereocenters. The quantitative estimate of drug-likeness (QED) is 0.119. The van der Waals surface area contributed by atoms with Crippen LogP contribution < -0.4 is 0 Å². The van der Waals surface area contributed by atoms with E-state index < -0.39 is 10.8 Å². The highest BCUT2D eigenvalue weighted by Crippen LogP contribution is 2.43. The van der Waals surface area contributed by atoms with Crippen molar-refractivity contribution >= 4 is 11.8 Å². The van der Waals surface area contributed by atoms with E-state index in [1.807, 2.05) is 55.5 Å². The molecular weight excluding hydrogens is 604 g/mol. The van der Waals surface area contributed by atoms with Crippen LogP contribution in [0.2, 0.25) is 0 Å². The first-order valence-corrected chi connectivity index (χ1v) is 17.7. The molecule has 0 bridgehead atoms.